The normalized spacial score (nSPS) is 11.4. The molecule has 5 nitrogen and oxygen atoms in total. The van der Waals surface area contributed by atoms with Gasteiger partial charge < -0.3 is 15.5 Å². The van der Waals surface area contributed by atoms with E-state index in [1.807, 2.05) is 13.1 Å². The van der Waals surface area contributed by atoms with Crippen LogP contribution >= 0.6 is 0 Å². The van der Waals surface area contributed by atoms with Crippen molar-refractivity contribution in [2.45, 2.75) is 46.1 Å². The van der Waals surface area contributed by atoms with Gasteiger partial charge in [0.1, 0.15) is 17.5 Å². The number of anilines is 2. The van der Waals surface area contributed by atoms with Crippen molar-refractivity contribution in [1.82, 2.24) is 14.9 Å². The second-order valence-corrected chi connectivity index (χ2v) is 5.76. The van der Waals surface area contributed by atoms with Gasteiger partial charge in [0.25, 0.3) is 0 Å². The summed E-state index contributed by atoms with van der Waals surface area (Å²) in [5.74, 6) is 2.97. The predicted molar refractivity (Wildman–Crippen MR) is 86.5 cm³/mol. The highest BCUT2D eigenvalue weighted by molar-refractivity contribution is 5.47. The molecule has 0 saturated heterocycles. The fourth-order valence-electron chi connectivity index (χ4n) is 1.75. The van der Waals surface area contributed by atoms with Crippen LogP contribution in [0.25, 0.3) is 0 Å². The van der Waals surface area contributed by atoms with Crippen LogP contribution in [-0.2, 0) is 0 Å². The van der Waals surface area contributed by atoms with Crippen molar-refractivity contribution in [3.05, 3.63) is 11.9 Å². The van der Waals surface area contributed by atoms with Gasteiger partial charge in [-0.2, -0.15) is 0 Å². The van der Waals surface area contributed by atoms with E-state index in [2.05, 4.69) is 60.2 Å². The number of hydrogen-bond donors (Lipinski definition) is 2. The minimum atomic E-state index is 0.330. The fraction of sp³-hybridized carbons (Fsp3) is 0.733. The van der Waals surface area contributed by atoms with Crippen molar-refractivity contribution in [3.63, 3.8) is 0 Å². The van der Waals surface area contributed by atoms with Crippen LogP contribution in [0.4, 0.5) is 11.6 Å². The molecule has 0 aromatic carbocycles. The van der Waals surface area contributed by atoms with Gasteiger partial charge in [0.15, 0.2) is 0 Å². The minimum absolute atomic E-state index is 0.330. The van der Waals surface area contributed by atoms with Gasteiger partial charge in [-0.25, -0.2) is 9.97 Å². The molecule has 5 heteroatoms. The van der Waals surface area contributed by atoms with Crippen LogP contribution in [0.5, 0.6) is 0 Å². The fourth-order valence-corrected chi connectivity index (χ4v) is 1.75. The molecule has 1 aromatic heterocycles. The lowest BCUT2D eigenvalue weighted by Crippen LogP contribution is -2.28. The molecule has 0 unspecified atom stereocenters. The lowest BCUT2D eigenvalue weighted by Gasteiger charge is -2.20. The van der Waals surface area contributed by atoms with E-state index >= 15 is 0 Å². The van der Waals surface area contributed by atoms with E-state index in [0.29, 0.717) is 12.0 Å². The van der Waals surface area contributed by atoms with Gasteiger partial charge >= 0.3 is 0 Å². The summed E-state index contributed by atoms with van der Waals surface area (Å²) < 4.78 is 0. The monoisotopic (exact) mass is 279 g/mol. The Morgan fingerprint density at radius 2 is 1.80 bits per heavy atom. The Kier molecular flexibility index (Phi) is 6.71. The van der Waals surface area contributed by atoms with Crippen molar-refractivity contribution < 1.29 is 0 Å². The molecule has 0 saturated carbocycles. The second-order valence-electron chi connectivity index (χ2n) is 5.76. The highest BCUT2D eigenvalue weighted by Gasteiger charge is 2.07. The SMILES string of the molecule is CNc1cc(NCCCN(C)C(C)C)nc(C(C)C)n1. The van der Waals surface area contributed by atoms with Crippen LogP contribution in [0, 0.1) is 0 Å². The van der Waals surface area contributed by atoms with Crippen molar-refractivity contribution in [1.29, 1.82) is 0 Å². The molecule has 0 aliphatic rings. The topological polar surface area (TPSA) is 53.1 Å². The Labute approximate surface area is 123 Å². The molecule has 20 heavy (non-hydrogen) atoms. The van der Waals surface area contributed by atoms with Crippen molar-refractivity contribution in [2.24, 2.45) is 0 Å². The second kappa shape index (κ2) is 8.04. The van der Waals surface area contributed by atoms with E-state index in [4.69, 9.17) is 0 Å². The first-order valence-electron chi connectivity index (χ1n) is 7.45. The number of aromatic nitrogens is 2. The minimum Gasteiger partial charge on any atom is -0.373 e. The molecule has 0 fully saturated rings. The van der Waals surface area contributed by atoms with E-state index in [1.54, 1.807) is 0 Å². The number of nitrogens with zero attached hydrogens (tertiary/aromatic N) is 3. The quantitative estimate of drug-likeness (QED) is 0.717. The number of rotatable bonds is 8. The van der Waals surface area contributed by atoms with E-state index < -0.39 is 0 Å². The van der Waals surface area contributed by atoms with Crippen LogP contribution in [0.3, 0.4) is 0 Å². The third kappa shape index (κ3) is 5.33. The smallest absolute Gasteiger partial charge is 0.135 e. The van der Waals surface area contributed by atoms with Crippen molar-refractivity contribution >= 4 is 11.6 Å². The Hall–Kier alpha value is -1.36. The molecule has 0 bridgehead atoms. The molecule has 2 N–H and O–H groups in total. The van der Waals surface area contributed by atoms with E-state index in [-0.39, 0.29) is 0 Å². The maximum atomic E-state index is 4.56. The zero-order chi connectivity index (χ0) is 15.1. The first kappa shape index (κ1) is 16.7. The molecular formula is C15H29N5. The van der Waals surface area contributed by atoms with Crippen LogP contribution in [0.2, 0.25) is 0 Å². The summed E-state index contributed by atoms with van der Waals surface area (Å²) in [6.07, 6.45) is 1.10. The summed E-state index contributed by atoms with van der Waals surface area (Å²) in [5.41, 5.74) is 0. The third-order valence-corrected chi connectivity index (χ3v) is 3.39. The van der Waals surface area contributed by atoms with E-state index in [1.165, 1.54) is 0 Å². The highest BCUT2D eigenvalue weighted by atomic mass is 15.1. The summed E-state index contributed by atoms with van der Waals surface area (Å²) >= 11 is 0. The number of hydrogen-bond acceptors (Lipinski definition) is 5. The van der Waals surface area contributed by atoms with Gasteiger partial charge in [-0.15, -0.1) is 0 Å². The van der Waals surface area contributed by atoms with Gasteiger partial charge in [-0.1, -0.05) is 13.8 Å². The summed E-state index contributed by atoms with van der Waals surface area (Å²) in [4.78, 5) is 11.4. The average molecular weight is 279 g/mol. The van der Waals surface area contributed by atoms with Crippen LogP contribution < -0.4 is 10.6 Å². The molecule has 114 valence electrons. The summed E-state index contributed by atoms with van der Waals surface area (Å²) in [7, 11) is 4.04. The standard InChI is InChI=1S/C15H29N5/c1-11(2)15-18-13(16-5)10-14(19-15)17-8-7-9-20(6)12(3)4/h10-12H,7-9H2,1-6H3,(H2,16,17,18,19). The summed E-state index contributed by atoms with van der Waals surface area (Å²) in [5, 5.41) is 6.48. The first-order chi connectivity index (χ1) is 9.43. The van der Waals surface area contributed by atoms with E-state index in [9.17, 15) is 0 Å². The van der Waals surface area contributed by atoms with E-state index in [0.717, 1.165) is 37.0 Å². The first-order valence-corrected chi connectivity index (χ1v) is 7.45. The van der Waals surface area contributed by atoms with Gasteiger partial charge in [0.05, 0.1) is 0 Å². The van der Waals surface area contributed by atoms with Crippen LogP contribution in [0.1, 0.15) is 45.9 Å². The van der Waals surface area contributed by atoms with Gasteiger partial charge in [-0.05, 0) is 33.9 Å². The van der Waals surface area contributed by atoms with Crippen LogP contribution in [0.15, 0.2) is 6.07 Å². The van der Waals surface area contributed by atoms with Crippen molar-refractivity contribution in [3.8, 4) is 0 Å². The third-order valence-electron chi connectivity index (χ3n) is 3.39. The maximum absolute atomic E-state index is 4.56. The molecular weight excluding hydrogens is 250 g/mol. The zero-order valence-electron chi connectivity index (χ0n) is 13.7. The lowest BCUT2D eigenvalue weighted by atomic mass is 10.2. The Bertz CT molecular complexity index is 403. The zero-order valence-corrected chi connectivity index (χ0v) is 13.7. The Balaban J connectivity index is 2.53. The largest absolute Gasteiger partial charge is 0.373 e. The summed E-state index contributed by atoms with van der Waals surface area (Å²) in [6.45, 7) is 10.7. The molecule has 0 aliphatic heterocycles. The molecule has 0 atom stereocenters. The Morgan fingerprint density at radius 3 is 2.35 bits per heavy atom. The molecule has 0 radical (unpaired) electrons. The maximum Gasteiger partial charge on any atom is 0.135 e. The molecule has 0 spiro atoms. The molecule has 1 aromatic rings. The predicted octanol–water partition coefficient (Wildman–Crippen LogP) is 2.78. The summed E-state index contributed by atoms with van der Waals surface area (Å²) in [6, 6.07) is 2.55. The van der Waals surface area contributed by atoms with Crippen molar-refractivity contribution in [2.75, 3.05) is 37.8 Å². The molecule has 1 heterocycles. The lowest BCUT2D eigenvalue weighted by molar-refractivity contribution is 0.273. The molecule has 1 rings (SSSR count). The van der Waals surface area contributed by atoms with Gasteiger partial charge in [-0.3, -0.25) is 0 Å². The van der Waals surface area contributed by atoms with Crippen LogP contribution in [-0.4, -0.2) is 48.1 Å². The Morgan fingerprint density at radius 1 is 1.15 bits per heavy atom. The number of nitrogens with one attached hydrogen (secondary N) is 2. The highest BCUT2D eigenvalue weighted by Crippen LogP contribution is 2.16. The molecule has 0 aliphatic carbocycles. The average Bonchev–Trinajstić information content (AvgIpc) is 2.42. The van der Waals surface area contributed by atoms with Gasteiger partial charge in [0, 0.05) is 31.6 Å². The molecule has 0 amide bonds. The van der Waals surface area contributed by atoms with Gasteiger partial charge in [0.2, 0.25) is 0 Å².